The number of nitrogens with one attached hydrogen (secondary N) is 1. The lowest BCUT2D eigenvalue weighted by molar-refractivity contribution is -0.131. The zero-order valence-corrected chi connectivity index (χ0v) is 10.9. The molecule has 1 atom stereocenters. The summed E-state index contributed by atoms with van der Waals surface area (Å²) in [4.78, 5) is 13.6. The van der Waals surface area contributed by atoms with E-state index in [9.17, 15) is 9.00 Å². The van der Waals surface area contributed by atoms with Crippen LogP contribution in [0.25, 0.3) is 0 Å². The van der Waals surface area contributed by atoms with Crippen LogP contribution in [0.3, 0.4) is 0 Å². The van der Waals surface area contributed by atoms with Crippen LogP contribution in [0.1, 0.15) is 25.7 Å². The Kier molecular flexibility index (Phi) is 6.64. The summed E-state index contributed by atoms with van der Waals surface area (Å²) in [5, 5.41) is 3.11. The molecule has 1 aliphatic rings. The lowest BCUT2D eigenvalue weighted by atomic mass is 10.1. The van der Waals surface area contributed by atoms with E-state index in [1.54, 1.807) is 6.26 Å². The molecule has 1 rings (SSSR count). The molecule has 1 amide bonds. The highest BCUT2D eigenvalue weighted by Gasteiger charge is 2.15. The maximum Gasteiger partial charge on any atom is 0.236 e. The summed E-state index contributed by atoms with van der Waals surface area (Å²) < 4.78 is 10.8. The Labute approximate surface area is 100 Å². The van der Waals surface area contributed by atoms with Gasteiger partial charge in [0.15, 0.2) is 0 Å². The van der Waals surface area contributed by atoms with Gasteiger partial charge in [-0.3, -0.25) is 9.00 Å². The summed E-state index contributed by atoms with van der Waals surface area (Å²) in [5.74, 6) is 0.919. The second-order valence-corrected chi connectivity index (χ2v) is 5.80. The van der Waals surface area contributed by atoms with Crippen molar-refractivity contribution in [3.63, 3.8) is 0 Å². The molecule has 16 heavy (non-hydrogen) atoms. The van der Waals surface area contributed by atoms with Gasteiger partial charge in [-0.1, -0.05) is 0 Å². The number of amides is 1. The van der Waals surface area contributed by atoms with Crippen molar-refractivity contribution in [2.75, 3.05) is 38.2 Å². The minimum atomic E-state index is -0.719. The minimum Gasteiger partial charge on any atom is -0.342 e. The first kappa shape index (κ1) is 13.6. The molecule has 1 unspecified atom stereocenters. The number of rotatable bonds is 6. The van der Waals surface area contributed by atoms with Crippen LogP contribution in [0.2, 0.25) is 0 Å². The topological polar surface area (TPSA) is 49.4 Å². The molecule has 0 spiro atoms. The molecule has 0 aliphatic carbocycles. The molecule has 1 N–H and O–H groups in total. The van der Waals surface area contributed by atoms with Crippen molar-refractivity contribution in [2.45, 2.75) is 25.7 Å². The number of carbonyl (C=O) groups is 1. The lowest BCUT2D eigenvalue weighted by Crippen LogP contribution is -2.41. The maximum absolute atomic E-state index is 11.7. The molecule has 0 aromatic rings. The van der Waals surface area contributed by atoms with Gasteiger partial charge in [-0.25, -0.2) is 0 Å². The number of nitrogens with zero attached hydrogens (tertiary/aromatic N) is 1. The minimum absolute atomic E-state index is 0.206. The molecule has 5 heteroatoms. The molecule has 0 bridgehead atoms. The van der Waals surface area contributed by atoms with E-state index in [-0.39, 0.29) is 5.91 Å². The van der Waals surface area contributed by atoms with Crippen molar-refractivity contribution in [1.82, 2.24) is 10.2 Å². The predicted molar refractivity (Wildman–Crippen MR) is 66.9 cm³/mol. The quantitative estimate of drug-likeness (QED) is 0.688. The Balaban J connectivity index is 2.03. The monoisotopic (exact) mass is 246 g/mol. The smallest absolute Gasteiger partial charge is 0.236 e. The molecule has 0 radical (unpaired) electrons. The molecule has 1 fully saturated rings. The van der Waals surface area contributed by atoms with Crippen molar-refractivity contribution < 1.29 is 9.00 Å². The van der Waals surface area contributed by atoms with Crippen LogP contribution in [-0.2, 0) is 15.6 Å². The summed E-state index contributed by atoms with van der Waals surface area (Å²) in [6.07, 6.45) is 6.11. The maximum atomic E-state index is 11.7. The average Bonchev–Trinajstić information content (AvgIpc) is 2.29. The lowest BCUT2D eigenvalue weighted by Gasteiger charge is -2.26. The third-order valence-corrected chi connectivity index (χ3v) is 3.63. The third-order valence-electron chi connectivity index (χ3n) is 2.77. The Morgan fingerprint density at radius 2 is 2.00 bits per heavy atom. The Bertz CT molecular complexity index is 240. The van der Waals surface area contributed by atoms with Crippen molar-refractivity contribution in [2.24, 2.45) is 0 Å². The first-order chi connectivity index (χ1) is 7.70. The molecule has 1 aliphatic heterocycles. The van der Waals surface area contributed by atoms with Crippen LogP contribution in [0.4, 0.5) is 0 Å². The van der Waals surface area contributed by atoms with Gasteiger partial charge in [0.1, 0.15) is 0 Å². The highest BCUT2D eigenvalue weighted by molar-refractivity contribution is 7.84. The van der Waals surface area contributed by atoms with Gasteiger partial charge in [0.25, 0.3) is 0 Å². The average molecular weight is 246 g/mol. The highest BCUT2D eigenvalue weighted by Crippen LogP contribution is 2.07. The summed E-state index contributed by atoms with van der Waals surface area (Å²) in [6.45, 7) is 3.04. The second-order valence-electron chi connectivity index (χ2n) is 4.25. The molecular formula is C11H22N2O2S. The normalized spacial score (nSPS) is 18.4. The Morgan fingerprint density at radius 3 is 2.62 bits per heavy atom. The van der Waals surface area contributed by atoms with Gasteiger partial charge < -0.3 is 10.2 Å². The number of likely N-dealkylation sites (tertiary alicyclic amines) is 1. The molecule has 1 heterocycles. The number of hydrogen-bond donors (Lipinski definition) is 1. The summed E-state index contributed by atoms with van der Waals surface area (Å²) in [5.41, 5.74) is 0. The molecule has 1 saturated heterocycles. The number of carbonyl (C=O) groups excluding carboxylic acids is 1. The predicted octanol–water partition coefficient (Wildman–Crippen LogP) is 0.357. The largest absolute Gasteiger partial charge is 0.342 e. The van der Waals surface area contributed by atoms with Gasteiger partial charge in [-0.05, 0) is 32.2 Å². The van der Waals surface area contributed by atoms with Crippen LogP contribution in [-0.4, -0.2) is 53.2 Å². The zero-order valence-electron chi connectivity index (χ0n) is 10.0. The molecule has 0 aromatic carbocycles. The van der Waals surface area contributed by atoms with E-state index in [0.29, 0.717) is 12.3 Å². The SMILES string of the molecule is CS(=O)CCCNCC(=O)N1CCCCC1. The Hall–Kier alpha value is -0.420. The molecule has 0 saturated carbocycles. The van der Waals surface area contributed by atoms with Gasteiger partial charge >= 0.3 is 0 Å². The highest BCUT2D eigenvalue weighted by atomic mass is 32.2. The van der Waals surface area contributed by atoms with Crippen LogP contribution < -0.4 is 5.32 Å². The third kappa shape index (κ3) is 5.61. The fourth-order valence-corrected chi connectivity index (χ4v) is 2.40. The van der Waals surface area contributed by atoms with Gasteiger partial charge in [-0.2, -0.15) is 0 Å². The van der Waals surface area contributed by atoms with E-state index < -0.39 is 10.8 Å². The van der Waals surface area contributed by atoms with E-state index >= 15 is 0 Å². The molecule has 4 nitrogen and oxygen atoms in total. The standard InChI is InChI=1S/C11H22N2O2S/c1-16(15)9-5-6-12-10-11(14)13-7-3-2-4-8-13/h12H,2-10H2,1H3. The van der Waals surface area contributed by atoms with Crippen LogP contribution in [0.5, 0.6) is 0 Å². The summed E-state index contributed by atoms with van der Waals surface area (Å²) >= 11 is 0. The van der Waals surface area contributed by atoms with Crippen LogP contribution in [0.15, 0.2) is 0 Å². The molecular weight excluding hydrogens is 224 g/mol. The van der Waals surface area contributed by atoms with E-state index in [0.717, 1.165) is 38.9 Å². The summed E-state index contributed by atoms with van der Waals surface area (Å²) in [6, 6.07) is 0. The fraction of sp³-hybridized carbons (Fsp3) is 0.909. The number of hydrogen-bond acceptors (Lipinski definition) is 3. The van der Waals surface area contributed by atoms with Crippen molar-refractivity contribution in [3.05, 3.63) is 0 Å². The first-order valence-corrected chi connectivity index (χ1v) is 7.71. The molecule has 94 valence electrons. The fourth-order valence-electron chi connectivity index (χ4n) is 1.85. The van der Waals surface area contributed by atoms with Gasteiger partial charge in [0.05, 0.1) is 6.54 Å². The second kappa shape index (κ2) is 7.79. The van der Waals surface area contributed by atoms with Crippen LogP contribution >= 0.6 is 0 Å². The van der Waals surface area contributed by atoms with Crippen molar-refractivity contribution in [3.8, 4) is 0 Å². The van der Waals surface area contributed by atoms with Crippen molar-refractivity contribution >= 4 is 16.7 Å². The zero-order chi connectivity index (χ0) is 11.8. The van der Waals surface area contributed by atoms with E-state index in [2.05, 4.69) is 5.32 Å². The Morgan fingerprint density at radius 1 is 1.31 bits per heavy atom. The number of piperidine rings is 1. The van der Waals surface area contributed by atoms with Crippen molar-refractivity contribution in [1.29, 1.82) is 0 Å². The van der Waals surface area contributed by atoms with E-state index in [4.69, 9.17) is 0 Å². The first-order valence-electron chi connectivity index (χ1n) is 5.98. The van der Waals surface area contributed by atoms with Gasteiger partial charge in [0.2, 0.25) is 5.91 Å². The van der Waals surface area contributed by atoms with E-state index in [1.165, 1.54) is 6.42 Å². The molecule has 0 aromatic heterocycles. The van der Waals surface area contributed by atoms with Gasteiger partial charge in [-0.15, -0.1) is 0 Å². The van der Waals surface area contributed by atoms with E-state index in [1.807, 2.05) is 4.90 Å². The van der Waals surface area contributed by atoms with Crippen LogP contribution in [0, 0.1) is 0 Å². The summed E-state index contributed by atoms with van der Waals surface area (Å²) in [7, 11) is -0.719. The van der Waals surface area contributed by atoms with Gasteiger partial charge in [0, 0.05) is 35.9 Å².